The topological polar surface area (TPSA) is 53.1 Å². The number of nitrogens with zero attached hydrogens (tertiary/aromatic N) is 2. The zero-order chi connectivity index (χ0) is 14.8. The molecule has 5 heteroatoms. The summed E-state index contributed by atoms with van der Waals surface area (Å²) in [5, 5.41) is 5.55. The number of benzene rings is 2. The van der Waals surface area contributed by atoms with Gasteiger partial charge in [-0.25, -0.2) is 0 Å². The molecule has 21 heavy (non-hydrogen) atoms. The Labute approximate surface area is 128 Å². The Morgan fingerprint density at radius 2 is 2.10 bits per heavy atom. The molecule has 0 fully saturated rings. The maximum absolute atomic E-state index is 5.71. The third-order valence-electron chi connectivity index (χ3n) is 3.44. The summed E-state index contributed by atoms with van der Waals surface area (Å²) in [6.45, 7) is 0.604. The van der Waals surface area contributed by atoms with E-state index in [2.05, 4.69) is 5.10 Å². The Morgan fingerprint density at radius 3 is 2.86 bits per heavy atom. The molecule has 0 amide bonds. The molecule has 1 aromatic heterocycles. The summed E-state index contributed by atoms with van der Waals surface area (Å²) in [6.07, 6.45) is 1.86. The van der Waals surface area contributed by atoms with Gasteiger partial charge in [0, 0.05) is 16.5 Å². The predicted octanol–water partition coefficient (Wildman–Crippen LogP) is 2.73. The summed E-state index contributed by atoms with van der Waals surface area (Å²) in [5.74, 6) is 0.801. The smallest absolute Gasteiger partial charge is 0.123 e. The first kappa shape index (κ1) is 13.6. The minimum Gasteiger partial charge on any atom is -0.496 e. The Hall–Kier alpha value is -2.40. The van der Waals surface area contributed by atoms with Crippen LogP contribution in [-0.2, 0) is 6.54 Å². The molecule has 0 unspecified atom stereocenters. The van der Waals surface area contributed by atoms with E-state index in [4.69, 9.17) is 22.7 Å². The molecule has 0 atom stereocenters. The Morgan fingerprint density at radius 1 is 1.29 bits per heavy atom. The largest absolute Gasteiger partial charge is 0.496 e. The average Bonchev–Trinajstić information content (AvgIpc) is 2.90. The SMILES string of the molecule is COc1ccc(C(N)=S)cc1Cn1ncc2ccccc21. The van der Waals surface area contributed by atoms with Crippen molar-refractivity contribution in [2.75, 3.05) is 7.11 Å². The maximum Gasteiger partial charge on any atom is 0.123 e. The molecule has 3 aromatic rings. The first-order valence-corrected chi connectivity index (χ1v) is 6.97. The Balaban J connectivity index is 2.04. The van der Waals surface area contributed by atoms with Crippen LogP contribution in [0.15, 0.2) is 48.7 Å². The molecule has 0 bridgehead atoms. The van der Waals surface area contributed by atoms with Crippen molar-refractivity contribution < 1.29 is 4.74 Å². The van der Waals surface area contributed by atoms with Gasteiger partial charge in [0.05, 0.1) is 25.4 Å². The van der Waals surface area contributed by atoms with E-state index in [9.17, 15) is 0 Å². The fraction of sp³-hybridized carbons (Fsp3) is 0.125. The van der Waals surface area contributed by atoms with Crippen molar-refractivity contribution in [3.05, 3.63) is 59.8 Å². The second kappa shape index (κ2) is 5.54. The lowest BCUT2D eigenvalue weighted by Gasteiger charge is -2.11. The highest BCUT2D eigenvalue weighted by molar-refractivity contribution is 7.80. The lowest BCUT2D eigenvalue weighted by atomic mass is 10.1. The number of rotatable bonds is 4. The van der Waals surface area contributed by atoms with Gasteiger partial charge in [-0.1, -0.05) is 30.4 Å². The highest BCUT2D eigenvalue weighted by atomic mass is 32.1. The molecule has 106 valence electrons. The van der Waals surface area contributed by atoms with Crippen LogP contribution in [0.4, 0.5) is 0 Å². The normalized spacial score (nSPS) is 10.7. The standard InChI is InChI=1S/C16H15N3OS/c1-20-15-7-6-11(16(17)21)8-13(15)10-19-14-5-3-2-4-12(14)9-18-19/h2-9H,10H2,1H3,(H2,17,21). The summed E-state index contributed by atoms with van der Waals surface area (Å²) in [4.78, 5) is 0.379. The minimum atomic E-state index is 0.379. The molecule has 0 aliphatic heterocycles. The zero-order valence-corrected chi connectivity index (χ0v) is 12.4. The van der Waals surface area contributed by atoms with Crippen LogP contribution in [0.25, 0.3) is 10.9 Å². The Kier molecular flexibility index (Phi) is 3.58. The van der Waals surface area contributed by atoms with Crippen molar-refractivity contribution in [1.29, 1.82) is 0 Å². The van der Waals surface area contributed by atoms with E-state index in [1.807, 2.05) is 53.3 Å². The number of hydrogen-bond acceptors (Lipinski definition) is 3. The Bertz CT molecular complexity index is 810. The monoisotopic (exact) mass is 297 g/mol. The first-order chi connectivity index (χ1) is 10.2. The maximum atomic E-state index is 5.71. The number of methoxy groups -OCH3 is 1. The lowest BCUT2D eigenvalue weighted by Crippen LogP contribution is -2.11. The van der Waals surface area contributed by atoms with E-state index in [1.54, 1.807) is 7.11 Å². The molecule has 0 aliphatic rings. The fourth-order valence-corrected chi connectivity index (χ4v) is 2.50. The van der Waals surface area contributed by atoms with Gasteiger partial charge in [0.2, 0.25) is 0 Å². The van der Waals surface area contributed by atoms with Crippen molar-refractivity contribution in [3.63, 3.8) is 0 Å². The number of fused-ring (bicyclic) bond motifs is 1. The van der Waals surface area contributed by atoms with Crippen molar-refractivity contribution in [3.8, 4) is 5.75 Å². The number of thiocarbonyl (C=S) groups is 1. The van der Waals surface area contributed by atoms with Crippen molar-refractivity contribution in [2.24, 2.45) is 5.73 Å². The van der Waals surface area contributed by atoms with Crippen LogP contribution in [0.1, 0.15) is 11.1 Å². The minimum absolute atomic E-state index is 0.379. The van der Waals surface area contributed by atoms with E-state index < -0.39 is 0 Å². The van der Waals surface area contributed by atoms with Gasteiger partial charge in [0.1, 0.15) is 10.7 Å². The third-order valence-corrected chi connectivity index (χ3v) is 3.67. The second-order valence-electron chi connectivity index (χ2n) is 4.75. The van der Waals surface area contributed by atoms with Crippen LogP contribution in [0.2, 0.25) is 0 Å². The molecular formula is C16H15N3OS. The molecule has 0 spiro atoms. The zero-order valence-electron chi connectivity index (χ0n) is 11.6. The number of para-hydroxylation sites is 1. The van der Waals surface area contributed by atoms with Gasteiger partial charge in [-0.3, -0.25) is 4.68 Å². The molecule has 4 nitrogen and oxygen atoms in total. The van der Waals surface area contributed by atoms with Crippen LogP contribution in [0.3, 0.4) is 0 Å². The predicted molar refractivity (Wildman–Crippen MR) is 87.7 cm³/mol. The molecule has 0 radical (unpaired) electrons. The summed E-state index contributed by atoms with van der Waals surface area (Å²) in [6, 6.07) is 13.8. The fourth-order valence-electron chi connectivity index (χ4n) is 2.37. The molecule has 1 heterocycles. The molecule has 0 saturated carbocycles. The van der Waals surface area contributed by atoms with E-state index in [1.165, 1.54) is 0 Å². The highest BCUT2D eigenvalue weighted by Gasteiger charge is 2.09. The molecule has 0 saturated heterocycles. The van der Waals surface area contributed by atoms with Crippen LogP contribution in [-0.4, -0.2) is 21.9 Å². The van der Waals surface area contributed by atoms with Gasteiger partial charge in [0.25, 0.3) is 0 Å². The van der Waals surface area contributed by atoms with Crippen molar-refractivity contribution >= 4 is 28.1 Å². The van der Waals surface area contributed by atoms with Crippen LogP contribution < -0.4 is 10.5 Å². The summed E-state index contributed by atoms with van der Waals surface area (Å²) >= 11 is 5.04. The number of aromatic nitrogens is 2. The molecular weight excluding hydrogens is 282 g/mol. The molecule has 3 rings (SSSR count). The van der Waals surface area contributed by atoms with E-state index in [0.717, 1.165) is 27.8 Å². The van der Waals surface area contributed by atoms with E-state index in [-0.39, 0.29) is 0 Å². The van der Waals surface area contributed by atoms with E-state index >= 15 is 0 Å². The summed E-state index contributed by atoms with van der Waals surface area (Å²) in [5.41, 5.74) is 8.62. The van der Waals surface area contributed by atoms with Gasteiger partial charge in [-0.2, -0.15) is 5.10 Å². The summed E-state index contributed by atoms with van der Waals surface area (Å²) in [7, 11) is 1.65. The lowest BCUT2D eigenvalue weighted by molar-refractivity contribution is 0.407. The van der Waals surface area contributed by atoms with Crippen LogP contribution >= 0.6 is 12.2 Å². The molecule has 2 N–H and O–H groups in total. The number of hydrogen-bond donors (Lipinski definition) is 1. The second-order valence-corrected chi connectivity index (χ2v) is 5.19. The number of ether oxygens (including phenoxy) is 1. The van der Waals surface area contributed by atoms with Crippen molar-refractivity contribution in [2.45, 2.75) is 6.54 Å². The quantitative estimate of drug-likeness (QED) is 0.752. The number of nitrogens with two attached hydrogens (primary N) is 1. The van der Waals surface area contributed by atoms with Crippen molar-refractivity contribution in [1.82, 2.24) is 9.78 Å². The van der Waals surface area contributed by atoms with Gasteiger partial charge in [-0.05, 0) is 24.3 Å². The summed E-state index contributed by atoms with van der Waals surface area (Å²) < 4.78 is 7.36. The van der Waals surface area contributed by atoms with Gasteiger partial charge in [-0.15, -0.1) is 0 Å². The van der Waals surface area contributed by atoms with Gasteiger partial charge in [0.15, 0.2) is 0 Å². The molecule has 2 aromatic carbocycles. The van der Waals surface area contributed by atoms with E-state index in [0.29, 0.717) is 11.5 Å². The highest BCUT2D eigenvalue weighted by Crippen LogP contribution is 2.23. The third kappa shape index (κ3) is 2.60. The van der Waals surface area contributed by atoms with Crippen LogP contribution in [0.5, 0.6) is 5.75 Å². The van der Waals surface area contributed by atoms with Gasteiger partial charge >= 0.3 is 0 Å². The average molecular weight is 297 g/mol. The molecule has 0 aliphatic carbocycles. The first-order valence-electron chi connectivity index (χ1n) is 6.56. The van der Waals surface area contributed by atoms with Gasteiger partial charge < -0.3 is 10.5 Å². The van der Waals surface area contributed by atoms with Crippen LogP contribution in [0, 0.1) is 0 Å².